The summed E-state index contributed by atoms with van der Waals surface area (Å²) >= 11 is 0. The molecule has 0 saturated heterocycles. The van der Waals surface area contributed by atoms with Gasteiger partial charge in [-0.05, 0) is 31.0 Å². The van der Waals surface area contributed by atoms with Gasteiger partial charge in [0.15, 0.2) is 11.6 Å². The van der Waals surface area contributed by atoms with E-state index in [1.54, 1.807) is 6.07 Å². The summed E-state index contributed by atoms with van der Waals surface area (Å²) in [4.78, 5) is 0. The molecule has 2 rings (SSSR count). The van der Waals surface area contributed by atoms with E-state index in [4.69, 9.17) is 0 Å². The lowest BCUT2D eigenvalue weighted by Gasteiger charge is -2.13. The molecular formula is C15H15F2N. The molecule has 3 heteroatoms. The summed E-state index contributed by atoms with van der Waals surface area (Å²) in [6.07, 6.45) is 0. The quantitative estimate of drug-likeness (QED) is 0.857. The van der Waals surface area contributed by atoms with Crippen LogP contribution in [0.4, 0.5) is 14.5 Å². The molecule has 0 fully saturated rings. The molecule has 1 N–H and O–H groups in total. The van der Waals surface area contributed by atoms with E-state index in [0.29, 0.717) is 5.56 Å². The number of rotatable bonds is 3. The van der Waals surface area contributed by atoms with E-state index in [1.165, 1.54) is 6.07 Å². The van der Waals surface area contributed by atoms with Gasteiger partial charge in [-0.2, -0.15) is 0 Å². The number of halogens is 2. The molecule has 0 saturated carbocycles. The third kappa shape index (κ3) is 2.50. The fraction of sp³-hybridized carbons (Fsp3) is 0.200. The van der Waals surface area contributed by atoms with Gasteiger partial charge in [-0.25, -0.2) is 8.78 Å². The first-order chi connectivity index (χ1) is 8.59. The molecule has 0 atom stereocenters. The Labute approximate surface area is 105 Å². The Kier molecular flexibility index (Phi) is 3.60. The van der Waals surface area contributed by atoms with E-state index in [2.05, 4.69) is 5.32 Å². The number of hydrogen-bond acceptors (Lipinski definition) is 1. The van der Waals surface area contributed by atoms with Crippen LogP contribution in [0.2, 0.25) is 0 Å². The zero-order chi connectivity index (χ0) is 13.1. The van der Waals surface area contributed by atoms with Crippen molar-refractivity contribution in [3.63, 3.8) is 0 Å². The van der Waals surface area contributed by atoms with Gasteiger partial charge in [-0.1, -0.05) is 30.3 Å². The first-order valence-electron chi connectivity index (χ1n) is 5.82. The van der Waals surface area contributed by atoms with Crippen molar-refractivity contribution in [3.8, 4) is 0 Å². The van der Waals surface area contributed by atoms with Gasteiger partial charge in [0.2, 0.25) is 0 Å². The lowest BCUT2D eigenvalue weighted by atomic mass is 10.1. The van der Waals surface area contributed by atoms with Crippen molar-refractivity contribution in [1.82, 2.24) is 0 Å². The second-order valence-electron chi connectivity index (χ2n) is 4.33. The third-order valence-corrected chi connectivity index (χ3v) is 2.97. The molecular weight excluding hydrogens is 232 g/mol. The van der Waals surface area contributed by atoms with E-state index < -0.39 is 11.6 Å². The summed E-state index contributed by atoms with van der Waals surface area (Å²) < 4.78 is 26.6. The Morgan fingerprint density at radius 3 is 2.22 bits per heavy atom. The van der Waals surface area contributed by atoms with Crippen molar-refractivity contribution < 1.29 is 8.78 Å². The minimum absolute atomic E-state index is 0.273. The van der Waals surface area contributed by atoms with Crippen LogP contribution >= 0.6 is 0 Å². The fourth-order valence-electron chi connectivity index (χ4n) is 1.96. The smallest absolute Gasteiger partial charge is 0.163 e. The zero-order valence-electron chi connectivity index (χ0n) is 10.4. The highest BCUT2D eigenvalue weighted by Crippen LogP contribution is 2.21. The summed E-state index contributed by atoms with van der Waals surface area (Å²) in [5.74, 6) is -1.59. The van der Waals surface area contributed by atoms with Crippen LogP contribution in [-0.2, 0) is 6.54 Å². The predicted molar refractivity (Wildman–Crippen MR) is 69.6 cm³/mol. The van der Waals surface area contributed by atoms with Crippen molar-refractivity contribution in [2.75, 3.05) is 5.32 Å². The topological polar surface area (TPSA) is 12.0 Å². The largest absolute Gasteiger partial charge is 0.380 e. The van der Waals surface area contributed by atoms with Crippen molar-refractivity contribution in [2.45, 2.75) is 20.4 Å². The molecule has 0 radical (unpaired) electrons. The molecule has 0 bridgehead atoms. The first kappa shape index (κ1) is 12.6. The van der Waals surface area contributed by atoms with Crippen LogP contribution in [-0.4, -0.2) is 0 Å². The van der Waals surface area contributed by atoms with E-state index >= 15 is 0 Å². The lowest BCUT2D eigenvalue weighted by Crippen LogP contribution is -2.05. The van der Waals surface area contributed by atoms with E-state index in [1.807, 2.05) is 32.0 Å². The maximum atomic E-state index is 13.5. The van der Waals surface area contributed by atoms with Gasteiger partial charge in [0, 0.05) is 17.8 Å². The number of benzene rings is 2. The van der Waals surface area contributed by atoms with Crippen molar-refractivity contribution in [1.29, 1.82) is 0 Å². The zero-order valence-corrected chi connectivity index (χ0v) is 10.4. The minimum Gasteiger partial charge on any atom is -0.380 e. The van der Waals surface area contributed by atoms with Crippen LogP contribution in [0.5, 0.6) is 0 Å². The Balaban J connectivity index is 2.19. The fourth-order valence-corrected chi connectivity index (χ4v) is 1.96. The molecule has 94 valence electrons. The van der Waals surface area contributed by atoms with Crippen molar-refractivity contribution in [2.24, 2.45) is 0 Å². The minimum atomic E-state index is -0.809. The maximum Gasteiger partial charge on any atom is 0.163 e. The summed E-state index contributed by atoms with van der Waals surface area (Å²) in [5, 5.41) is 3.16. The Morgan fingerprint density at radius 2 is 1.56 bits per heavy atom. The SMILES string of the molecule is Cc1cccc(C)c1NCc1cccc(F)c1F. The summed E-state index contributed by atoms with van der Waals surface area (Å²) in [6.45, 7) is 4.24. The van der Waals surface area contributed by atoms with Crippen LogP contribution in [0.15, 0.2) is 36.4 Å². The summed E-state index contributed by atoms with van der Waals surface area (Å²) in [5.41, 5.74) is 3.48. The van der Waals surface area contributed by atoms with Gasteiger partial charge < -0.3 is 5.32 Å². The normalized spacial score (nSPS) is 10.4. The van der Waals surface area contributed by atoms with Gasteiger partial charge in [-0.3, -0.25) is 0 Å². The molecule has 0 spiro atoms. The van der Waals surface area contributed by atoms with E-state index in [-0.39, 0.29) is 6.54 Å². The first-order valence-corrected chi connectivity index (χ1v) is 5.82. The molecule has 2 aromatic carbocycles. The van der Waals surface area contributed by atoms with E-state index in [0.717, 1.165) is 22.9 Å². The molecule has 0 aromatic heterocycles. The van der Waals surface area contributed by atoms with Gasteiger partial charge in [0.05, 0.1) is 0 Å². The summed E-state index contributed by atoms with van der Waals surface area (Å²) in [7, 11) is 0. The van der Waals surface area contributed by atoms with Crippen molar-refractivity contribution >= 4 is 5.69 Å². The number of nitrogens with one attached hydrogen (secondary N) is 1. The van der Waals surface area contributed by atoms with Crippen LogP contribution < -0.4 is 5.32 Å². The van der Waals surface area contributed by atoms with Crippen LogP contribution in [0.3, 0.4) is 0 Å². The number of anilines is 1. The molecule has 0 aliphatic heterocycles. The van der Waals surface area contributed by atoms with Crippen LogP contribution in [0.25, 0.3) is 0 Å². The highest BCUT2D eigenvalue weighted by Gasteiger charge is 2.08. The highest BCUT2D eigenvalue weighted by atomic mass is 19.2. The monoisotopic (exact) mass is 247 g/mol. The van der Waals surface area contributed by atoms with Crippen LogP contribution in [0.1, 0.15) is 16.7 Å². The molecule has 1 nitrogen and oxygen atoms in total. The number of para-hydroxylation sites is 1. The Bertz CT molecular complexity index is 544. The average molecular weight is 247 g/mol. The molecule has 0 unspecified atom stereocenters. The third-order valence-electron chi connectivity index (χ3n) is 2.97. The Morgan fingerprint density at radius 1 is 0.944 bits per heavy atom. The van der Waals surface area contributed by atoms with Crippen LogP contribution in [0, 0.1) is 25.5 Å². The molecule has 0 aliphatic rings. The maximum absolute atomic E-state index is 13.5. The second kappa shape index (κ2) is 5.17. The van der Waals surface area contributed by atoms with Crippen molar-refractivity contribution in [3.05, 3.63) is 64.7 Å². The molecule has 0 aliphatic carbocycles. The standard InChI is InChI=1S/C15H15F2N/c1-10-5-3-6-11(2)15(10)18-9-12-7-4-8-13(16)14(12)17/h3-8,18H,9H2,1-2H3. The average Bonchev–Trinajstić information content (AvgIpc) is 2.33. The number of aryl methyl sites for hydroxylation is 2. The van der Waals surface area contributed by atoms with Gasteiger partial charge in [0.25, 0.3) is 0 Å². The molecule has 0 heterocycles. The second-order valence-corrected chi connectivity index (χ2v) is 4.33. The van der Waals surface area contributed by atoms with Gasteiger partial charge >= 0.3 is 0 Å². The van der Waals surface area contributed by atoms with E-state index in [9.17, 15) is 8.78 Å². The molecule has 18 heavy (non-hydrogen) atoms. The highest BCUT2D eigenvalue weighted by molar-refractivity contribution is 5.56. The lowest BCUT2D eigenvalue weighted by molar-refractivity contribution is 0.500. The summed E-state index contributed by atoms with van der Waals surface area (Å²) in [6, 6.07) is 10.2. The predicted octanol–water partition coefficient (Wildman–Crippen LogP) is 4.19. The van der Waals surface area contributed by atoms with Gasteiger partial charge in [-0.15, -0.1) is 0 Å². The Hall–Kier alpha value is -1.90. The number of hydrogen-bond donors (Lipinski definition) is 1. The van der Waals surface area contributed by atoms with Gasteiger partial charge in [0.1, 0.15) is 0 Å². The molecule has 2 aromatic rings. The molecule has 0 amide bonds.